The zero-order valence-corrected chi connectivity index (χ0v) is 13.9. The number of rotatable bonds is 4. The lowest BCUT2D eigenvalue weighted by atomic mass is 10.2. The summed E-state index contributed by atoms with van der Waals surface area (Å²) < 4.78 is 31.2. The van der Waals surface area contributed by atoms with Gasteiger partial charge in [0.15, 0.2) is 0 Å². The second-order valence-electron chi connectivity index (χ2n) is 4.84. The van der Waals surface area contributed by atoms with Crippen LogP contribution in [0.3, 0.4) is 0 Å². The van der Waals surface area contributed by atoms with Gasteiger partial charge in [-0.25, -0.2) is 8.42 Å². The minimum absolute atomic E-state index is 0.635. The van der Waals surface area contributed by atoms with Crippen molar-refractivity contribution in [3.05, 3.63) is 71.8 Å². The molecule has 0 radical (unpaired) electrons. The lowest BCUT2D eigenvalue weighted by Gasteiger charge is -2.10. The molecule has 0 bridgehead atoms. The maximum absolute atomic E-state index is 11.9. The van der Waals surface area contributed by atoms with E-state index in [0.717, 1.165) is 23.6 Å². The van der Waals surface area contributed by atoms with Gasteiger partial charge in [0, 0.05) is 23.6 Å². The van der Waals surface area contributed by atoms with Crippen LogP contribution in [-0.2, 0) is 32.5 Å². The highest BCUT2D eigenvalue weighted by Gasteiger charge is 2.08. The summed E-state index contributed by atoms with van der Waals surface area (Å²) in [5, 5.41) is 0. The van der Waals surface area contributed by atoms with E-state index < -0.39 is 21.0 Å². The quantitative estimate of drug-likeness (QED) is 0.813. The van der Waals surface area contributed by atoms with Gasteiger partial charge in [0.05, 0.1) is 0 Å². The van der Waals surface area contributed by atoms with Crippen molar-refractivity contribution in [2.24, 2.45) is 0 Å². The van der Waals surface area contributed by atoms with Gasteiger partial charge in [-0.2, -0.15) is 0 Å². The van der Waals surface area contributed by atoms with Crippen LogP contribution in [0, 0.1) is 0 Å². The van der Waals surface area contributed by atoms with Crippen molar-refractivity contribution in [1.29, 1.82) is 0 Å². The highest BCUT2D eigenvalue weighted by Crippen LogP contribution is 2.11. The molecule has 5 heteroatoms. The molecule has 0 aliphatic heterocycles. The molecular formula is C16H20O3S2. The topological polar surface area (TPSA) is 57.2 Å². The molecule has 0 aliphatic carbocycles. The average molecular weight is 324 g/mol. The normalized spacial score (nSPS) is 10.9. The minimum atomic E-state index is -2.67. The van der Waals surface area contributed by atoms with E-state index >= 15 is 0 Å². The molecule has 21 heavy (non-hydrogen) atoms. The summed E-state index contributed by atoms with van der Waals surface area (Å²) in [6.07, 6.45) is 2.32. The maximum Gasteiger partial charge on any atom is 0.144 e. The van der Waals surface area contributed by atoms with E-state index in [4.69, 9.17) is 0 Å². The first-order chi connectivity index (χ1) is 9.84. The van der Waals surface area contributed by atoms with Gasteiger partial charge in [0.1, 0.15) is 21.3 Å². The molecule has 0 saturated carbocycles. The molecule has 0 atom stereocenters. The summed E-state index contributed by atoms with van der Waals surface area (Å²) in [4.78, 5) is 0. The van der Waals surface area contributed by atoms with Crippen LogP contribution in [0.4, 0.5) is 0 Å². The molecule has 2 aromatic carbocycles. The van der Waals surface area contributed by atoms with E-state index in [9.17, 15) is 13.0 Å². The zero-order valence-electron chi connectivity index (χ0n) is 12.2. The van der Waals surface area contributed by atoms with Crippen molar-refractivity contribution >= 4 is 21.0 Å². The Morgan fingerprint density at radius 2 is 1.10 bits per heavy atom. The summed E-state index contributed by atoms with van der Waals surface area (Å²) in [7, 11) is -2.67. The van der Waals surface area contributed by atoms with E-state index in [0.29, 0.717) is 11.5 Å². The summed E-state index contributed by atoms with van der Waals surface area (Å²) in [6, 6.07) is 19.9. The fourth-order valence-electron chi connectivity index (χ4n) is 1.57. The second-order valence-corrected chi connectivity index (χ2v) is 8.59. The Balaban J connectivity index is 0.000000383. The van der Waals surface area contributed by atoms with Gasteiger partial charge >= 0.3 is 0 Å². The van der Waals surface area contributed by atoms with Crippen LogP contribution in [0.15, 0.2) is 60.7 Å². The first-order valence-corrected chi connectivity index (χ1v) is 10.2. The predicted octanol–water partition coefficient (Wildman–Crippen LogP) is 2.80. The van der Waals surface area contributed by atoms with Crippen molar-refractivity contribution in [1.82, 2.24) is 0 Å². The number of sulfone groups is 1. The van der Waals surface area contributed by atoms with Crippen LogP contribution < -0.4 is 0 Å². The van der Waals surface area contributed by atoms with Gasteiger partial charge in [-0.1, -0.05) is 60.7 Å². The molecule has 2 rings (SSSR count). The Morgan fingerprint density at radius 3 is 1.38 bits per heavy atom. The highest BCUT2D eigenvalue weighted by atomic mass is 32.2. The molecule has 3 nitrogen and oxygen atoms in total. The van der Waals surface area contributed by atoms with Crippen molar-refractivity contribution < 1.29 is 13.0 Å². The lowest BCUT2D eigenvalue weighted by molar-refractivity contribution is 0.593. The first-order valence-electron chi connectivity index (χ1n) is 6.42. The number of hydrogen-bond acceptors (Lipinski definition) is 3. The Kier molecular flexibility index (Phi) is 7.50. The summed E-state index contributed by atoms with van der Waals surface area (Å²) in [5.41, 5.74) is 2.27. The van der Waals surface area contributed by atoms with Crippen LogP contribution in [-0.4, -0.2) is 25.5 Å². The van der Waals surface area contributed by atoms with Crippen LogP contribution in [0.2, 0.25) is 0 Å². The largest absolute Gasteiger partial charge is 0.616 e. The summed E-state index contributed by atoms with van der Waals surface area (Å²) >= 11 is -0.822. The van der Waals surface area contributed by atoms with Crippen molar-refractivity contribution in [2.75, 3.05) is 12.5 Å². The molecule has 0 N–H and O–H groups in total. The Labute approximate surface area is 130 Å². The van der Waals surface area contributed by atoms with E-state index in [2.05, 4.69) is 0 Å². The van der Waals surface area contributed by atoms with Gasteiger partial charge in [-0.3, -0.25) is 0 Å². The monoisotopic (exact) mass is 324 g/mol. The maximum atomic E-state index is 11.9. The van der Waals surface area contributed by atoms with E-state index in [-0.39, 0.29) is 0 Å². The number of benzene rings is 2. The molecule has 0 fully saturated rings. The van der Waals surface area contributed by atoms with Gasteiger partial charge in [-0.15, -0.1) is 0 Å². The predicted molar refractivity (Wildman–Crippen MR) is 89.2 cm³/mol. The molecule has 0 saturated heterocycles. The number of hydrogen-bond donors (Lipinski definition) is 0. The first kappa shape index (κ1) is 17.8. The van der Waals surface area contributed by atoms with E-state index in [1.807, 2.05) is 60.7 Å². The Hall–Kier alpha value is -1.30. The minimum Gasteiger partial charge on any atom is -0.616 e. The standard InChI is InChI=1S/C14H14OS.C2H6O2S/c15-16(11-13-7-3-1-4-8-13)12-14-9-5-2-6-10-14;1-5(2,3)4/h1-10H,11-12H2;1-2H3. The molecular weight excluding hydrogens is 304 g/mol. The van der Waals surface area contributed by atoms with Gasteiger partial charge in [0.2, 0.25) is 0 Å². The molecule has 0 amide bonds. The van der Waals surface area contributed by atoms with Crippen molar-refractivity contribution in [3.8, 4) is 0 Å². The van der Waals surface area contributed by atoms with Crippen LogP contribution in [0.1, 0.15) is 11.1 Å². The smallest absolute Gasteiger partial charge is 0.144 e. The van der Waals surface area contributed by atoms with Crippen LogP contribution in [0.5, 0.6) is 0 Å². The average Bonchev–Trinajstić information content (AvgIpc) is 2.39. The molecule has 2 aromatic rings. The van der Waals surface area contributed by atoms with Gasteiger partial charge in [-0.05, 0) is 11.2 Å². The third kappa shape index (κ3) is 10.1. The fourth-order valence-corrected chi connectivity index (χ4v) is 2.80. The Morgan fingerprint density at radius 1 is 0.810 bits per heavy atom. The fraction of sp³-hybridized carbons (Fsp3) is 0.250. The van der Waals surface area contributed by atoms with E-state index in [1.54, 1.807) is 0 Å². The molecule has 0 spiro atoms. The third-order valence-electron chi connectivity index (χ3n) is 2.34. The molecule has 0 unspecified atom stereocenters. The summed E-state index contributed by atoms with van der Waals surface area (Å²) in [5.74, 6) is 1.27. The Bertz CT molecular complexity index is 561. The van der Waals surface area contributed by atoms with Crippen LogP contribution >= 0.6 is 0 Å². The van der Waals surface area contributed by atoms with E-state index in [1.165, 1.54) is 0 Å². The summed E-state index contributed by atoms with van der Waals surface area (Å²) in [6.45, 7) is 0. The molecule has 0 heterocycles. The van der Waals surface area contributed by atoms with Gasteiger partial charge < -0.3 is 4.55 Å². The van der Waals surface area contributed by atoms with Gasteiger partial charge in [0.25, 0.3) is 0 Å². The molecule has 0 aromatic heterocycles. The zero-order chi connectivity index (χ0) is 15.7. The molecule has 114 valence electrons. The lowest BCUT2D eigenvalue weighted by Crippen LogP contribution is -2.07. The second kappa shape index (κ2) is 8.87. The SMILES string of the molecule is CS(C)(=O)=O.[O-][S+](Cc1ccccc1)Cc1ccccc1. The third-order valence-corrected chi connectivity index (χ3v) is 3.65. The van der Waals surface area contributed by atoms with Crippen molar-refractivity contribution in [3.63, 3.8) is 0 Å². The highest BCUT2D eigenvalue weighted by molar-refractivity contribution is 7.90. The van der Waals surface area contributed by atoms with Crippen molar-refractivity contribution in [2.45, 2.75) is 11.5 Å². The molecule has 0 aliphatic rings. The van der Waals surface area contributed by atoms with Crippen LogP contribution in [0.25, 0.3) is 0 Å².